The molecule has 0 aliphatic heterocycles. The molecule has 1 rings (SSSR count). The Balaban J connectivity index is 2.42. The van der Waals surface area contributed by atoms with Crippen LogP contribution in [-0.2, 0) is 4.74 Å². The molecule has 1 fully saturated rings. The summed E-state index contributed by atoms with van der Waals surface area (Å²) in [4.78, 5) is 0. The van der Waals surface area contributed by atoms with E-state index in [1.165, 1.54) is 6.42 Å². The largest absolute Gasteiger partial charge is 0.391 e. The van der Waals surface area contributed by atoms with Crippen LogP contribution in [0.2, 0.25) is 0 Å². The molecule has 0 heterocycles. The van der Waals surface area contributed by atoms with E-state index in [2.05, 4.69) is 20.8 Å². The van der Waals surface area contributed by atoms with E-state index >= 15 is 0 Å². The quantitative estimate of drug-likeness (QED) is 0.756. The molecular formula is C12H24O2. The van der Waals surface area contributed by atoms with Gasteiger partial charge in [0.2, 0.25) is 0 Å². The summed E-state index contributed by atoms with van der Waals surface area (Å²) < 4.78 is 5.85. The smallest absolute Gasteiger partial charge is 0.0745 e. The van der Waals surface area contributed by atoms with Crippen LogP contribution < -0.4 is 0 Å². The minimum absolute atomic E-state index is 0.0786. The Bertz CT molecular complexity index is 175. The fourth-order valence-corrected chi connectivity index (χ4v) is 2.21. The molecule has 1 saturated carbocycles. The van der Waals surface area contributed by atoms with Gasteiger partial charge in [0.25, 0.3) is 0 Å². The minimum Gasteiger partial charge on any atom is -0.391 e. The first-order chi connectivity index (χ1) is 6.33. The van der Waals surface area contributed by atoms with Crippen molar-refractivity contribution in [1.29, 1.82) is 0 Å². The highest BCUT2D eigenvalue weighted by atomic mass is 16.5. The highest BCUT2D eigenvalue weighted by Gasteiger charge is 2.41. The van der Waals surface area contributed by atoms with Gasteiger partial charge in [-0.15, -0.1) is 0 Å². The van der Waals surface area contributed by atoms with Crippen LogP contribution in [0.3, 0.4) is 0 Å². The predicted octanol–water partition coefficient (Wildman–Crippen LogP) is 2.74. The molecule has 1 unspecified atom stereocenters. The third-order valence-electron chi connectivity index (χ3n) is 2.75. The zero-order valence-electron chi connectivity index (χ0n) is 9.97. The number of ether oxygens (including phenoxy) is 1. The Kier molecular flexibility index (Phi) is 3.59. The third kappa shape index (κ3) is 3.58. The summed E-state index contributed by atoms with van der Waals surface area (Å²) in [7, 11) is 0. The van der Waals surface area contributed by atoms with Crippen molar-refractivity contribution in [3.8, 4) is 0 Å². The van der Waals surface area contributed by atoms with Crippen LogP contribution in [0.25, 0.3) is 0 Å². The van der Waals surface area contributed by atoms with E-state index < -0.39 is 0 Å². The molecule has 1 atom stereocenters. The van der Waals surface area contributed by atoms with Crippen molar-refractivity contribution in [3.05, 3.63) is 0 Å². The van der Waals surface area contributed by atoms with Crippen molar-refractivity contribution in [2.75, 3.05) is 6.61 Å². The van der Waals surface area contributed by atoms with Crippen molar-refractivity contribution >= 4 is 0 Å². The number of hydrogen-bond donors (Lipinski definition) is 1. The van der Waals surface area contributed by atoms with E-state index in [0.717, 1.165) is 19.3 Å². The van der Waals surface area contributed by atoms with Gasteiger partial charge in [-0.2, -0.15) is 0 Å². The summed E-state index contributed by atoms with van der Waals surface area (Å²) in [5, 5.41) is 9.21. The normalized spacial score (nSPS) is 22.9. The number of hydrogen-bond acceptors (Lipinski definition) is 2. The predicted molar refractivity (Wildman–Crippen MR) is 58.3 cm³/mol. The third-order valence-corrected chi connectivity index (χ3v) is 2.75. The molecule has 0 amide bonds. The lowest BCUT2D eigenvalue weighted by atomic mass is 9.70. The Morgan fingerprint density at radius 3 is 2.21 bits per heavy atom. The average molecular weight is 200 g/mol. The van der Waals surface area contributed by atoms with Crippen LogP contribution in [-0.4, -0.2) is 23.4 Å². The maximum atomic E-state index is 9.21. The molecular weight excluding hydrogens is 176 g/mol. The summed E-state index contributed by atoms with van der Waals surface area (Å²) in [5.74, 6) is 0. The molecule has 14 heavy (non-hydrogen) atoms. The first-order valence-corrected chi connectivity index (χ1v) is 5.65. The van der Waals surface area contributed by atoms with Crippen LogP contribution in [0.15, 0.2) is 0 Å². The molecule has 1 aliphatic carbocycles. The number of rotatable bonds is 4. The second-order valence-electron chi connectivity index (χ2n) is 5.93. The monoisotopic (exact) mass is 200 g/mol. The molecule has 0 aromatic rings. The van der Waals surface area contributed by atoms with E-state index in [1.807, 2.05) is 0 Å². The Morgan fingerprint density at radius 1 is 1.36 bits per heavy atom. The van der Waals surface area contributed by atoms with Crippen LogP contribution >= 0.6 is 0 Å². The molecule has 2 heteroatoms. The first kappa shape index (κ1) is 12.0. The Morgan fingerprint density at radius 2 is 1.93 bits per heavy atom. The molecule has 0 aromatic carbocycles. The highest BCUT2D eigenvalue weighted by molar-refractivity contribution is 4.93. The number of aliphatic hydroxyl groups excluding tert-OH is 1. The van der Waals surface area contributed by atoms with Gasteiger partial charge >= 0.3 is 0 Å². The zero-order chi connectivity index (χ0) is 10.8. The Hall–Kier alpha value is -0.0800. The summed E-state index contributed by atoms with van der Waals surface area (Å²) in [6.07, 6.45) is 4.36. The van der Waals surface area contributed by atoms with Gasteiger partial charge in [0.05, 0.1) is 18.3 Å². The van der Waals surface area contributed by atoms with Crippen molar-refractivity contribution in [2.45, 2.75) is 65.1 Å². The second-order valence-corrected chi connectivity index (χ2v) is 5.93. The summed E-state index contributed by atoms with van der Waals surface area (Å²) >= 11 is 0. The van der Waals surface area contributed by atoms with Crippen molar-refractivity contribution in [2.24, 2.45) is 5.41 Å². The summed E-state index contributed by atoms with van der Waals surface area (Å²) in [6, 6.07) is 0. The van der Waals surface area contributed by atoms with Crippen LogP contribution in [0.4, 0.5) is 0 Å². The maximum absolute atomic E-state index is 9.21. The fourth-order valence-electron chi connectivity index (χ4n) is 2.21. The second kappa shape index (κ2) is 4.19. The number of aliphatic hydroxyl groups is 1. The fraction of sp³-hybridized carbons (Fsp3) is 1.00. The standard InChI is InChI=1S/C12H24O2/c1-10(13)8-14-12(6-5-7-12)9-11(2,3)4/h10,13H,5-9H2,1-4H3. The van der Waals surface area contributed by atoms with E-state index in [4.69, 9.17) is 4.74 Å². The molecule has 1 aliphatic rings. The SMILES string of the molecule is CC(O)COC1(CC(C)(C)C)CCC1. The minimum atomic E-state index is -0.340. The van der Waals surface area contributed by atoms with E-state index in [0.29, 0.717) is 12.0 Å². The molecule has 0 radical (unpaired) electrons. The molecule has 0 spiro atoms. The van der Waals surface area contributed by atoms with Gasteiger partial charge < -0.3 is 9.84 Å². The van der Waals surface area contributed by atoms with Gasteiger partial charge in [0.1, 0.15) is 0 Å². The lowest BCUT2D eigenvalue weighted by molar-refractivity contribution is -0.138. The van der Waals surface area contributed by atoms with Gasteiger partial charge in [-0.25, -0.2) is 0 Å². The van der Waals surface area contributed by atoms with Gasteiger partial charge in [0.15, 0.2) is 0 Å². The first-order valence-electron chi connectivity index (χ1n) is 5.65. The zero-order valence-corrected chi connectivity index (χ0v) is 9.97. The van der Waals surface area contributed by atoms with Crippen molar-refractivity contribution in [3.63, 3.8) is 0 Å². The average Bonchev–Trinajstić information content (AvgIpc) is 1.92. The molecule has 2 nitrogen and oxygen atoms in total. The van der Waals surface area contributed by atoms with E-state index in [-0.39, 0.29) is 11.7 Å². The Labute approximate surface area is 87.7 Å². The summed E-state index contributed by atoms with van der Waals surface area (Å²) in [6.45, 7) is 9.01. The van der Waals surface area contributed by atoms with Crippen molar-refractivity contribution < 1.29 is 9.84 Å². The topological polar surface area (TPSA) is 29.5 Å². The molecule has 1 N–H and O–H groups in total. The molecule has 0 aromatic heterocycles. The van der Waals surface area contributed by atoms with Crippen LogP contribution in [0, 0.1) is 5.41 Å². The van der Waals surface area contributed by atoms with E-state index in [1.54, 1.807) is 6.92 Å². The van der Waals surface area contributed by atoms with Gasteiger partial charge in [-0.1, -0.05) is 20.8 Å². The summed E-state index contributed by atoms with van der Waals surface area (Å²) in [5.41, 5.74) is 0.397. The van der Waals surface area contributed by atoms with Gasteiger partial charge in [-0.05, 0) is 38.0 Å². The van der Waals surface area contributed by atoms with Crippen LogP contribution in [0.1, 0.15) is 53.4 Å². The van der Waals surface area contributed by atoms with Crippen molar-refractivity contribution in [1.82, 2.24) is 0 Å². The van der Waals surface area contributed by atoms with E-state index in [9.17, 15) is 5.11 Å². The lowest BCUT2D eigenvalue weighted by Gasteiger charge is -2.45. The van der Waals surface area contributed by atoms with Gasteiger partial charge in [0, 0.05) is 0 Å². The maximum Gasteiger partial charge on any atom is 0.0745 e. The van der Waals surface area contributed by atoms with Crippen LogP contribution in [0.5, 0.6) is 0 Å². The van der Waals surface area contributed by atoms with Gasteiger partial charge in [-0.3, -0.25) is 0 Å². The molecule has 0 bridgehead atoms. The molecule has 84 valence electrons. The lowest BCUT2D eigenvalue weighted by Crippen LogP contribution is -2.44. The highest BCUT2D eigenvalue weighted by Crippen LogP contribution is 2.44. The molecule has 0 saturated heterocycles.